The van der Waals surface area contributed by atoms with E-state index in [1.54, 1.807) is 23.4 Å². The van der Waals surface area contributed by atoms with Gasteiger partial charge >= 0.3 is 0 Å². The third-order valence-electron chi connectivity index (χ3n) is 0.736. The lowest BCUT2D eigenvalue weighted by molar-refractivity contribution is -0.104. The summed E-state index contributed by atoms with van der Waals surface area (Å²) < 4.78 is 0. The van der Waals surface area contributed by atoms with Crippen molar-refractivity contribution in [2.45, 2.75) is 0 Å². The maximum atomic E-state index is 9.96. The van der Waals surface area contributed by atoms with Gasteiger partial charge in [-0.3, -0.25) is 9.79 Å². The van der Waals surface area contributed by atoms with Crippen LogP contribution in [0.2, 0.25) is 0 Å². The number of rotatable bonds is 1. The molecule has 0 aromatic carbocycles. The van der Waals surface area contributed by atoms with Crippen LogP contribution in [0.25, 0.3) is 0 Å². The van der Waals surface area contributed by atoms with Crippen LogP contribution in [0.5, 0.6) is 0 Å². The van der Waals surface area contributed by atoms with Crippen molar-refractivity contribution in [2.75, 3.05) is 5.75 Å². The monoisotopic (exact) mass is 127 g/mol. The molecular formula is C5H5NOS. The van der Waals surface area contributed by atoms with Crippen molar-refractivity contribution in [2.24, 2.45) is 4.99 Å². The van der Waals surface area contributed by atoms with Gasteiger partial charge in [0.15, 0.2) is 6.29 Å². The van der Waals surface area contributed by atoms with Crippen LogP contribution in [0, 0.1) is 0 Å². The highest BCUT2D eigenvalue weighted by molar-refractivity contribution is 8.02. The van der Waals surface area contributed by atoms with Crippen molar-refractivity contribution in [1.82, 2.24) is 0 Å². The molecule has 1 heterocycles. The van der Waals surface area contributed by atoms with Gasteiger partial charge in [-0.25, -0.2) is 0 Å². The van der Waals surface area contributed by atoms with Crippen LogP contribution in [0.1, 0.15) is 0 Å². The van der Waals surface area contributed by atoms with Crippen molar-refractivity contribution < 1.29 is 4.79 Å². The highest BCUT2D eigenvalue weighted by Crippen LogP contribution is 2.09. The van der Waals surface area contributed by atoms with Crippen molar-refractivity contribution >= 4 is 24.3 Å². The number of hydrogen-bond acceptors (Lipinski definition) is 3. The molecule has 0 atom stereocenters. The number of hydrogen-bond donors (Lipinski definition) is 0. The molecule has 0 bridgehead atoms. The zero-order valence-electron chi connectivity index (χ0n) is 4.20. The molecule has 0 aromatic heterocycles. The standard InChI is InChI=1S/C5H5NOS/c7-3-5-4-8-2-1-6-5/h1,3-4H,2H2. The number of aliphatic imine (C=N–C) groups is 1. The quantitative estimate of drug-likeness (QED) is 0.488. The minimum Gasteiger partial charge on any atom is -0.296 e. The summed E-state index contributed by atoms with van der Waals surface area (Å²) in [5.41, 5.74) is 0.529. The zero-order chi connectivity index (χ0) is 5.82. The first-order valence-corrected chi connectivity index (χ1v) is 3.28. The van der Waals surface area contributed by atoms with E-state index in [1.165, 1.54) is 0 Å². The van der Waals surface area contributed by atoms with Gasteiger partial charge in [0.25, 0.3) is 0 Å². The highest BCUT2D eigenvalue weighted by Gasteiger charge is 1.93. The second-order valence-electron chi connectivity index (χ2n) is 1.31. The molecule has 0 saturated carbocycles. The molecule has 0 radical (unpaired) electrons. The average molecular weight is 127 g/mol. The van der Waals surface area contributed by atoms with Crippen LogP contribution in [-0.4, -0.2) is 18.3 Å². The van der Waals surface area contributed by atoms with Gasteiger partial charge in [0.2, 0.25) is 0 Å². The molecule has 1 aliphatic rings. The van der Waals surface area contributed by atoms with E-state index in [1.807, 2.05) is 0 Å². The molecule has 0 fully saturated rings. The third-order valence-corrected chi connectivity index (χ3v) is 1.49. The summed E-state index contributed by atoms with van der Waals surface area (Å²) in [5.74, 6) is 0.886. The molecule has 0 aromatic rings. The summed E-state index contributed by atoms with van der Waals surface area (Å²) in [7, 11) is 0. The lowest BCUT2D eigenvalue weighted by Gasteiger charge is -1.95. The SMILES string of the molecule is O=CC1=CSCC=N1. The largest absolute Gasteiger partial charge is 0.296 e. The van der Waals surface area contributed by atoms with Crippen LogP contribution >= 0.6 is 11.8 Å². The highest BCUT2D eigenvalue weighted by atomic mass is 32.2. The Morgan fingerprint density at radius 3 is 3.12 bits per heavy atom. The fourth-order valence-electron chi connectivity index (χ4n) is 0.408. The van der Waals surface area contributed by atoms with Gasteiger partial charge < -0.3 is 0 Å². The van der Waals surface area contributed by atoms with Crippen molar-refractivity contribution in [1.29, 1.82) is 0 Å². The predicted molar refractivity (Wildman–Crippen MR) is 35.1 cm³/mol. The molecule has 1 aliphatic heterocycles. The second-order valence-corrected chi connectivity index (χ2v) is 2.21. The van der Waals surface area contributed by atoms with Gasteiger partial charge in [-0.2, -0.15) is 0 Å². The fourth-order valence-corrected chi connectivity index (χ4v) is 0.952. The van der Waals surface area contributed by atoms with Gasteiger partial charge in [-0.05, 0) is 0 Å². The van der Waals surface area contributed by atoms with E-state index in [0.29, 0.717) is 5.70 Å². The molecule has 2 nitrogen and oxygen atoms in total. The van der Waals surface area contributed by atoms with Crippen LogP contribution in [0.4, 0.5) is 0 Å². The first-order valence-electron chi connectivity index (χ1n) is 2.23. The molecule has 0 N–H and O–H groups in total. The van der Waals surface area contributed by atoms with Crippen molar-refractivity contribution in [3.8, 4) is 0 Å². The van der Waals surface area contributed by atoms with Gasteiger partial charge in [0.1, 0.15) is 5.70 Å². The molecule has 0 amide bonds. The van der Waals surface area contributed by atoms with E-state index in [0.717, 1.165) is 12.0 Å². The van der Waals surface area contributed by atoms with Gasteiger partial charge in [0, 0.05) is 17.4 Å². The van der Waals surface area contributed by atoms with Gasteiger partial charge in [-0.1, -0.05) is 0 Å². The van der Waals surface area contributed by atoms with E-state index < -0.39 is 0 Å². The summed E-state index contributed by atoms with van der Waals surface area (Å²) in [6.07, 6.45) is 2.48. The van der Waals surface area contributed by atoms with Gasteiger partial charge in [-0.15, -0.1) is 11.8 Å². The van der Waals surface area contributed by atoms with E-state index >= 15 is 0 Å². The Morgan fingerprint density at radius 1 is 1.88 bits per heavy atom. The smallest absolute Gasteiger partial charge is 0.168 e. The average Bonchev–Trinajstić information content (AvgIpc) is 1.90. The molecular weight excluding hydrogens is 122 g/mol. The molecule has 0 aliphatic carbocycles. The zero-order valence-corrected chi connectivity index (χ0v) is 5.02. The van der Waals surface area contributed by atoms with E-state index in [2.05, 4.69) is 4.99 Å². The third kappa shape index (κ3) is 1.20. The van der Waals surface area contributed by atoms with Gasteiger partial charge in [0.05, 0.1) is 0 Å². The summed E-state index contributed by atoms with van der Waals surface area (Å²) in [6.45, 7) is 0. The number of thioether (sulfide) groups is 1. The number of aldehydes is 1. The van der Waals surface area contributed by atoms with Crippen LogP contribution in [-0.2, 0) is 4.79 Å². The van der Waals surface area contributed by atoms with Crippen molar-refractivity contribution in [3.05, 3.63) is 11.1 Å². The molecule has 3 heteroatoms. The number of nitrogens with zero attached hydrogens (tertiary/aromatic N) is 1. The Hall–Kier alpha value is -0.570. The molecule has 0 saturated heterocycles. The van der Waals surface area contributed by atoms with Crippen LogP contribution in [0.3, 0.4) is 0 Å². The Labute approximate surface area is 51.7 Å². The van der Waals surface area contributed by atoms with Crippen molar-refractivity contribution in [3.63, 3.8) is 0 Å². The summed E-state index contributed by atoms with van der Waals surface area (Å²) >= 11 is 1.58. The Bertz CT molecular complexity index is 151. The van der Waals surface area contributed by atoms with Crippen LogP contribution < -0.4 is 0 Å². The summed E-state index contributed by atoms with van der Waals surface area (Å²) in [5, 5.41) is 1.76. The minimum absolute atomic E-state index is 0.529. The van der Waals surface area contributed by atoms with E-state index in [-0.39, 0.29) is 0 Å². The second kappa shape index (κ2) is 2.67. The fraction of sp³-hybridized carbons (Fsp3) is 0.200. The number of allylic oxidation sites excluding steroid dienone is 1. The van der Waals surface area contributed by atoms with Crippen LogP contribution in [0.15, 0.2) is 16.1 Å². The summed E-state index contributed by atoms with van der Waals surface area (Å²) in [4.78, 5) is 13.8. The maximum Gasteiger partial charge on any atom is 0.168 e. The number of carbonyl (C=O) groups is 1. The molecule has 8 heavy (non-hydrogen) atoms. The lowest BCUT2D eigenvalue weighted by Crippen LogP contribution is -1.88. The predicted octanol–water partition coefficient (Wildman–Crippen LogP) is 0.844. The lowest BCUT2D eigenvalue weighted by atomic mass is 10.6. The molecule has 42 valence electrons. The molecule has 0 unspecified atom stereocenters. The summed E-state index contributed by atoms with van der Waals surface area (Å²) in [6, 6.07) is 0. The normalized spacial score (nSPS) is 17.8. The number of carbonyl (C=O) groups excluding carboxylic acids is 1. The maximum absolute atomic E-state index is 9.96. The first-order chi connectivity index (χ1) is 3.93. The Kier molecular flexibility index (Phi) is 1.86. The Morgan fingerprint density at radius 2 is 2.75 bits per heavy atom. The van der Waals surface area contributed by atoms with E-state index in [9.17, 15) is 4.79 Å². The molecule has 1 rings (SSSR count). The first kappa shape index (κ1) is 5.56. The van der Waals surface area contributed by atoms with E-state index in [4.69, 9.17) is 0 Å². The minimum atomic E-state index is 0.529. The molecule has 0 spiro atoms. The Balaban J connectivity index is 2.64. The topological polar surface area (TPSA) is 29.4 Å².